The molecule has 1 aliphatic heterocycles. The lowest BCUT2D eigenvalue weighted by molar-refractivity contribution is -0.137. The number of rotatable bonds is 6. The molecule has 3 aromatic rings. The molecule has 0 N–H and O–H groups in total. The third-order valence-corrected chi connectivity index (χ3v) is 5.79. The Labute approximate surface area is 177 Å². The number of hydrogen-bond donors (Lipinski definition) is 0. The molecular formula is C22H24F4N4O. The summed E-state index contributed by atoms with van der Waals surface area (Å²) in [6, 6.07) is 10.4. The van der Waals surface area contributed by atoms with E-state index in [1.807, 2.05) is 11.0 Å². The molecule has 1 aliphatic rings. The van der Waals surface area contributed by atoms with Crippen molar-refractivity contribution in [3.63, 3.8) is 0 Å². The molecule has 1 aromatic carbocycles. The Kier molecular flexibility index (Phi) is 5.98. The molecule has 0 unspecified atom stereocenters. The predicted octanol–water partition coefficient (Wildman–Crippen LogP) is 4.75. The van der Waals surface area contributed by atoms with Crippen LogP contribution in [0.2, 0.25) is 0 Å². The smallest absolute Gasteiger partial charge is 0.374 e. The topological polar surface area (TPSA) is 42.7 Å². The van der Waals surface area contributed by atoms with Gasteiger partial charge in [-0.15, -0.1) is 10.2 Å². The first-order valence-corrected chi connectivity index (χ1v) is 10.3. The first-order chi connectivity index (χ1) is 14.8. The summed E-state index contributed by atoms with van der Waals surface area (Å²) in [5.41, 5.74) is -1.75. The van der Waals surface area contributed by atoms with E-state index >= 15 is 4.39 Å². The Hall–Kier alpha value is -2.52. The summed E-state index contributed by atoms with van der Waals surface area (Å²) in [6.07, 6.45) is -2.56. The second kappa shape index (κ2) is 8.55. The van der Waals surface area contributed by atoms with Crippen LogP contribution in [0.5, 0.6) is 0 Å². The highest BCUT2D eigenvalue weighted by Gasteiger charge is 2.40. The second-order valence-electron chi connectivity index (χ2n) is 7.77. The van der Waals surface area contributed by atoms with Gasteiger partial charge in [0, 0.05) is 32.4 Å². The van der Waals surface area contributed by atoms with Gasteiger partial charge in [0.05, 0.1) is 0 Å². The molecule has 0 saturated carbocycles. The van der Waals surface area contributed by atoms with Gasteiger partial charge in [-0.3, -0.25) is 9.30 Å². The van der Waals surface area contributed by atoms with Crippen molar-refractivity contribution in [2.24, 2.45) is 0 Å². The normalized spacial score (nSPS) is 17.3. The summed E-state index contributed by atoms with van der Waals surface area (Å²) in [5.74, 6) is 0.317. The first kappa shape index (κ1) is 21.7. The molecule has 0 spiro atoms. The van der Waals surface area contributed by atoms with E-state index in [-0.39, 0.29) is 37.2 Å². The van der Waals surface area contributed by atoms with E-state index in [4.69, 9.17) is 4.74 Å². The van der Waals surface area contributed by atoms with Gasteiger partial charge in [-0.1, -0.05) is 30.3 Å². The van der Waals surface area contributed by atoms with Crippen LogP contribution in [0, 0.1) is 0 Å². The zero-order valence-corrected chi connectivity index (χ0v) is 17.2. The molecule has 0 amide bonds. The minimum absolute atomic E-state index is 0.0733. The number of fused-ring (bicyclic) bond motifs is 1. The van der Waals surface area contributed by atoms with E-state index in [2.05, 4.69) is 10.2 Å². The SMILES string of the molecule is CCOCc1nnc2c(C(F)(F)F)c(CN3CCC(F)(c4ccccc4)CC3)ccn12. The van der Waals surface area contributed by atoms with Crippen molar-refractivity contribution in [2.45, 2.75) is 44.8 Å². The van der Waals surface area contributed by atoms with Gasteiger partial charge in [0.2, 0.25) is 0 Å². The quantitative estimate of drug-likeness (QED) is 0.524. The fourth-order valence-electron chi connectivity index (χ4n) is 4.11. The Balaban J connectivity index is 1.56. The molecule has 0 aliphatic carbocycles. The second-order valence-corrected chi connectivity index (χ2v) is 7.77. The van der Waals surface area contributed by atoms with Gasteiger partial charge in [-0.05, 0) is 37.0 Å². The van der Waals surface area contributed by atoms with Crippen molar-refractivity contribution >= 4 is 5.65 Å². The van der Waals surface area contributed by atoms with Crippen LogP contribution in [0.4, 0.5) is 17.6 Å². The lowest BCUT2D eigenvalue weighted by atomic mass is 9.86. The highest BCUT2D eigenvalue weighted by atomic mass is 19.4. The molecule has 31 heavy (non-hydrogen) atoms. The van der Waals surface area contributed by atoms with Crippen molar-refractivity contribution in [2.75, 3.05) is 19.7 Å². The Morgan fingerprint density at radius 3 is 2.42 bits per heavy atom. The average molecular weight is 436 g/mol. The molecule has 1 fully saturated rings. The van der Waals surface area contributed by atoms with Crippen LogP contribution in [-0.4, -0.2) is 39.2 Å². The zero-order chi connectivity index (χ0) is 22.1. The fraction of sp³-hybridized carbons (Fsp3) is 0.455. The summed E-state index contributed by atoms with van der Waals surface area (Å²) in [4.78, 5) is 1.86. The number of nitrogens with zero attached hydrogens (tertiary/aromatic N) is 4. The van der Waals surface area contributed by atoms with Crippen molar-refractivity contribution in [1.29, 1.82) is 0 Å². The van der Waals surface area contributed by atoms with Crippen LogP contribution >= 0.6 is 0 Å². The van der Waals surface area contributed by atoms with Crippen LogP contribution in [0.1, 0.15) is 42.3 Å². The summed E-state index contributed by atoms with van der Waals surface area (Å²) in [7, 11) is 0. The number of aromatic nitrogens is 3. The molecule has 0 atom stereocenters. The molecule has 9 heteroatoms. The lowest BCUT2D eigenvalue weighted by Crippen LogP contribution is -2.40. The van der Waals surface area contributed by atoms with Gasteiger partial charge >= 0.3 is 6.18 Å². The number of benzene rings is 1. The number of likely N-dealkylation sites (tertiary alicyclic amines) is 1. The molecule has 0 bridgehead atoms. The summed E-state index contributed by atoms with van der Waals surface area (Å²) < 4.78 is 63.8. The molecular weight excluding hydrogens is 412 g/mol. The van der Waals surface area contributed by atoms with E-state index in [1.165, 1.54) is 10.5 Å². The molecule has 3 heterocycles. The van der Waals surface area contributed by atoms with Crippen molar-refractivity contribution in [3.8, 4) is 0 Å². The number of alkyl halides is 4. The van der Waals surface area contributed by atoms with Crippen LogP contribution < -0.4 is 0 Å². The third-order valence-electron chi connectivity index (χ3n) is 5.79. The molecule has 1 saturated heterocycles. The standard InChI is InChI=1S/C22H24F4N4O/c1-2-31-15-18-27-28-20-19(22(24,25)26)16(8-11-30(18)20)14-29-12-9-21(23,10-13-29)17-6-4-3-5-7-17/h3-8,11H,2,9-10,12-15H2,1H3. The van der Waals surface area contributed by atoms with Crippen molar-refractivity contribution < 1.29 is 22.3 Å². The number of piperidine rings is 1. The van der Waals surface area contributed by atoms with Gasteiger partial charge in [0.25, 0.3) is 0 Å². The highest BCUT2D eigenvalue weighted by molar-refractivity contribution is 5.53. The monoisotopic (exact) mass is 436 g/mol. The van der Waals surface area contributed by atoms with Gasteiger partial charge in [-0.25, -0.2) is 4.39 Å². The fourth-order valence-corrected chi connectivity index (χ4v) is 4.11. The summed E-state index contributed by atoms with van der Waals surface area (Å²) in [5, 5.41) is 7.66. The molecule has 2 aromatic heterocycles. The van der Waals surface area contributed by atoms with Gasteiger partial charge < -0.3 is 4.74 Å². The summed E-state index contributed by atoms with van der Waals surface area (Å²) in [6.45, 7) is 3.12. The van der Waals surface area contributed by atoms with Crippen LogP contribution in [0.3, 0.4) is 0 Å². The summed E-state index contributed by atoms with van der Waals surface area (Å²) >= 11 is 0. The maximum absolute atomic E-state index is 15.4. The predicted molar refractivity (Wildman–Crippen MR) is 107 cm³/mol. The van der Waals surface area contributed by atoms with Gasteiger partial charge in [0.15, 0.2) is 11.5 Å². The van der Waals surface area contributed by atoms with E-state index < -0.39 is 17.4 Å². The molecule has 5 nitrogen and oxygen atoms in total. The van der Waals surface area contributed by atoms with E-state index in [0.29, 0.717) is 31.1 Å². The number of ether oxygens (including phenoxy) is 1. The highest BCUT2D eigenvalue weighted by Crippen LogP contribution is 2.39. The lowest BCUT2D eigenvalue weighted by Gasteiger charge is -2.37. The molecule has 0 radical (unpaired) electrons. The van der Waals surface area contributed by atoms with Gasteiger partial charge in [-0.2, -0.15) is 13.2 Å². The number of hydrogen-bond acceptors (Lipinski definition) is 4. The Morgan fingerprint density at radius 1 is 1.06 bits per heavy atom. The maximum atomic E-state index is 15.4. The Bertz CT molecular complexity index is 1030. The first-order valence-electron chi connectivity index (χ1n) is 10.3. The number of halogens is 4. The maximum Gasteiger partial charge on any atom is 0.420 e. The number of pyridine rings is 1. The van der Waals surface area contributed by atoms with Crippen LogP contribution in [-0.2, 0) is 29.7 Å². The minimum atomic E-state index is -4.59. The van der Waals surface area contributed by atoms with E-state index in [0.717, 1.165) is 0 Å². The van der Waals surface area contributed by atoms with Crippen LogP contribution in [0.15, 0.2) is 42.6 Å². The van der Waals surface area contributed by atoms with Gasteiger partial charge in [0.1, 0.15) is 17.8 Å². The van der Waals surface area contributed by atoms with Crippen LogP contribution in [0.25, 0.3) is 5.65 Å². The minimum Gasteiger partial charge on any atom is -0.374 e. The van der Waals surface area contributed by atoms with Crippen molar-refractivity contribution in [3.05, 3.63) is 65.1 Å². The van der Waals surface area contributed by atoms with E-state index in [9.17, 15) is 13.2 Å². The zero-order valence-electron chi connectivity index (χ0n) is 17.2. The van der Waals surface area contributed by atoms with E-state index in [1.54, 1.807) is 37.4 Å². The molecule has 4 rings (SSSR count). The Morgan fingerprint density at radius 2 is 1.77 bits per heavy atom. The largest absolute Gasteiger partial charge is 0.420 e. The third kappa shape index (κ3) is 4.43. The average Bonchev–Trinajstić information content (AvgIpc) is 3.16. The molecule has 166 valence electrons. The van der Waals surface area contributed by atoms with Crippen molar-refractivity contribution in [1.82, 2.24) is 19.5 Å².